The van der Waals surface area contributed by atoms with Crippen molar-refractivity contribution in [3.05, 3.63) is 102 Å². The number of aromatic amines is 1. The zero-order chi connectivity index (χ0) is 23.5. The van der Waals surface area contributed by atoms with Gasteiger partial charge in [-0.25, -0.2) is 4.98 Å². The molecule has 1 aliphatic rings. The molecule has 0 spiro atoms. The molecule has 1 aromatic heterocycles. The van der Waals surface area contributed by atoms with Gasteiger partial charge in [0.25, 0.3) is 5.91 Å². The van der Waals surface area contributed by atoms with Crippen molar-refractivity contribution in [3.8, 4) is 11.3 Å². The van der Waals surface area contributed by atoms with E-state index in [0.717, 1.165) is 39.3 Å². The Kier molecular flexibility index (Phi) is 5.66. The fourth-order valence-corrected chi connectivity index (χ4v) is 3.95. The van der Waals surface area contributed by atoms with Gasteiger partial charge in [-0.3, -0.25) is 9.59 Å². The third-order valence-electron chi connectivity index (χ3n) is 5.65. The molecule has 0 fully saturated rings. The van der Waals surface area contributed by atoms with E-state index in [9.17, 15) is 9.59 Å². The summed E-state index contributed by atoms with van der Waals surface area (Å²) in [5, 5.41) is 9.24. The minimum atomic E-state index is -0.154. The number of amides is 2. The van der Waals surface area contributed by atoms with Crippen LogP contribution in [0.5, 0.6) is 0 Å². The summed E-state index contributed by atoms with van der Waals surface area (Å²) in [4.78, 5) is 31.5. The average Bonchev–Trinajstić information content (AvgIpc) is 3.50. The van der Waals surface area contributed by atoms with Crippen LogP contribution in [0.4, 0.5) is 11.4 Å². The number of nitrogens with zero attached hydrogens (tertiary/aromatic N) is 1. The van der Waals surface area contributed by atoms with Crippen LogP contribution < -0.4 is 16.0 Å². The number of rotatable bonds is 6. The first-order valence-electron chi connectivity index (χ1n) is 10.9. The lowest BCUT2D eigenvalue weighted by Crippen LogP contribution is -2.18. The first kappa shape index (κ1) is 21.2. The van der Waals surface area contributed by atoms with Gasteiger partial charge in [-0.15, -0.1) is 0 Å². The molecule has 2 amide bonds. The molecule has 5 rings (SSSR count). The van der Waals surface area contributed by atoms with Gasteiger partial charge in [0, 0.05) is 42.2 Å². The number of hydrogen-bond acceptors (Lipinski definition) is 4. The second-order valence-corrected chi connectivity index (χ2v) is 8.01. The first-order valence-corrected chi connectivity index (χ1v) is 10.9. The van der Waals surface area contributed by atoms with Crippen LogP contribution in [-0.2, 0) is 16.1 Å². The lowest BCUT2D eigenvalue weighted by atomic mass is 9.99. The number of carbonyl (C=O) groups excluding carboxylic acids is 2. The average molecular weight is 450 g/mol. The maximum atomic E-state index is 13.0. The molecule has 4 N–H and O–H groups in total. The quantitative estimate of drug-likeness (QED) is 0.322. The molecule has 2 heterocycles. The van der Waals surface area contributed by atoms with Gasteiger partial charge in [-0.05, 0) is 29.3 Å². The summed E-state index contributed by atoms with van der Waals surface area (Å²) >= 11 is 0. The first-order chi connectivity index (χ1) is 16.6. The van der Waals surface area contributed by atoms with Gasteiger partial charge in [-0.1, -0.05) is 54.6 Å². The van der Waals surface area contributed by atoms with Crippen molar-refractivity contribution in [2.75, 3.05) is 10.6 Å². The topological polar surface area (TPSA) is 98.9 Å². The van der Waals surface area contributed by atoms with Crippen LogP contribution in [0.3, 0.4) is 0 Å². The van der Waals surface area contributed by atoms with Crippen molar-refractivity contribution < 1.29 is 9.59 Å². The highest BCUT2D eigenvalue weighted by Crippen LogP contribution is 2.37. The van der Waals surface area contributed by atoms with E-state index >= 15 is 0 Å². The number of fused-ring (bicyclic) bond motifs is 1. The van der Waals surface area contributed by atoms with Crippen molar-refractivity contribution in [2.45, 2.75) is 13.5 Å². The molecule has 0 saturated carbocycles. The lowest BCUT2D eigenvalue weighted by molar-refractivity contribution is -0.119. The second kappa shape index (κ2) is 9.07. The summed E-state index contributed by atoms with van der Waals surface area (Å²) in [6.07, 6.45) is 3.49. The number of aromatic nitrogens is 2. The summed E-state index contributed by atoms with van der Waals surface area (Å²) in [6, 6.07) is 23.4. The molecule has 0 atom stereocenters. The summed E-state index contributed by atoms with van der Waals surface area (Å²) in [5.41, 5.74) is 7.48. The van der Waals surface area contributed by atoms with Gasteiger partial charge in [0.05, 0.1) is 23.3 Å². The Balaban J connectivity index is 1.53. The van der Waals surface area contributed by atoms with E-state index in [2.05, 4.69) is 25.9 Å². The number of imidazole rings is 1. The zero-order valence-electron chi connectivity index (χ0n) is 18.6. The summed E-state index contributed by atoms with van der Waals surface area (Å²) in [6.45, 7) is 1.95. The maximum Gasteiger partial charge on any atom is 0.258 e. The van der Waals surface area contributed by atoms with Crippen LogP contribution in [0, 0.1) is 0 Å². The zero-order valence-corrected chi connectivity index (χ0v) is 18.6. The van der Waals surface area contributed by atoms with Crippen molar-refractivity contribution in [1.29, 1.82) is 0 Å². The van der Waals surface area contributed by atoms with Crippen LogP contribution in [0.25, 0.3) is 22.5 Å². The summed E-state index contributed by atoms with van der Waals surface area (Å²) in [5.74, 6) is -0.231. The van der Waals surface area contributed by atoms with E-state index in [-0.39, 0.29) is 11.8 Å². The molecule has 3 aromatic carbocycles. The lowest BCUT2D eigenvalue weighted by Gasteiger charge is -2.16. The number of benzene rings is 3. The molecule has 0 radical (unpaired) electrons. The van der Waals surface area contributed by atoms with Crippen LogP contribution >= 0.6 is 0 Å². The smallest absolute Gasteiger partial charge is 0.258 e. The van der Waals surface area contributed by atoms with Crippen molar-refractivity contribution >= 4 is 34.5 Å². The molecule has 1 aliphatic heterocycles. The van der Waals surface area contributed by atoms with Crippen LogP contribution in [0.15, 0.2) is 85.3 Å². The molecule has 0 aliphatic carbocycles. The summed E-state index contributed by atoms with van der Waals surface area (Å²) < 4.78 is 0. The third-order valence-corrected chi connectivity index (χ3v) is 5.65. The Morgan fingerprint density at radius 3 is 2.44 bits per heavy atom. The van der Waals surface area contributed by atoms with Gasteiger partial charge in [0.15, 0.2) is 0 Å². The Bertz CT molecular complexity index is 1370. The number of hydrogen-bond donors (Lipinski definition) is 4. The van der Waals surface area contributed by atoms with E-state index in [1.807, 2.05) is 79.0 Å². The molecule has 168 valence electrons. The molecule has 34 heavy (non-hydrogen) atoms. The number of carbonyl (C=O) groups is 2. The van der Waals surface area contributed by atoms with Gasteiger partial charge in [0.1, 0.15) is 0 Å². The standard InChI is InChI=1S/C27H23N5O2/c1-17(33)29-14-18-6-8-20(9-7-18)26(25-22-4-2-3-5-23(22)32-27(25)34)31-21-12-10-19(11-13-21)24-15-28-16-30-24/h2-13,15-16,31H,14H2,1H3,(H,28,30)(H,29,33)(H,32,34). The molecule has 0 bridgehead atoms. The highest BCUT2D eigenvalue weighted by molar-refractivity contribution is 6.37. The largest absolute Gasteiger partial charge is 0.354 e. The Morgan fingerprint density at radius 1 is 0.971 bits per heavy atom. The van der Waals surface area contributed by atoms with E-state index in [0.29, 0.717) is 17.8 Å². The highest BCUT2D eigenvalue weighted by atomic mass is 16.2. The fourth-order valence-electron chi connectivity index (χ4n) is 3.95. The Hall–Kier alpha value is -4.65. The molecular weight excluding hydrogens is 426 g/mol. The predicted molar refractivity (Wildman–Crippen MR) is 133 cm³/mol. The van der Waals surface area contributed by atoms with Crippen LogP contribution in [0.2, 0.25) is 0 Å². The monoisotopic (exact) mass is 449 g/mol. The van der Waals surface area contributed by atoms with E-state index in [4.69, 9.17) is 0 Å². The van der Waals surface area contributed by atoms with E-state index in [1.165, 1.54) is 6.92 Å². The molecular formula is C27H23N5O2. The van der Waals surface area contributed by atoms with E-state index in [1.54, 1.807) is 6.33 Å². The van der Waals surface area contributed by atoms with Gasteiger partial charge < -0.3 is 20.9 Å². The van der Waals surface area contributed by atoms with Gasteiger partial charge in [0.2, 0.25) is 5.91 Å². The van der Waals surface area contributed by atoms with Crippen molar-refractivity contribution in [1.82, 2.24) is 15.3 Å². The fraction of sp³-hybridized carbons (Fsp3) is 0.0741. The number of nitrogens with one attached hydrogen (secondary N) is 4. The molecule has 0 saturated heterocycles. The van der Waals surface area contributed by atoms with Crippen molar-refractivity contribution in [2.24, 2.45) is 0 Å². The molecule has 7 nitrogen and oxygen atoms in total. The number of anilines is 2. The number of H-pyrrole nitrogens is 1. The second-order valence-electron chi connectivity index (χ2n) is 8.01. The number of para-hydroxylation sites is 1. The minimum absolute atomic E-state index is 0.0777. The Morgan fingerprint density at radius 2 is 1.74 bits per heavy atom. The highest BCUT2D eigenvalue weighted by Gasteiger charge is 2.28. The molecule has 7 heteroatoms. The Labute approximate surface area is 196 Å². The molecule has 4 aromatic rings. The normalized spacial score (nSPS) is 13.7. The van der Waals surface area contributed by atoms with E-state index < -0.39 is 0 Å². The summed E-state index contributed by atoms with van der Waals surface area (Å²) in [7, 11) is 0. The van der Waals surface area contributed by atoms with Gasteiger partial charge >= 0.3 is 0 Å². The van der Waals surface area contributed by atoms with Gasteiger partial charge in [-0.2, -0.15) is 0 Å². The predicted octanol–water partition coefficient (Wildman–Crippen LogP) is 4.65. The maximum absolute atomic E-state index is 13.0. The van der Waals surface area contributed by atoms with Crippen molar-refractivity contribution in [3.63, 3.8) is 0 Å². The SMILES string of the molecule is CC(=O)NCc1ccc(C(Nc2ccc(-c3c[nH]cn3)cc2)=C2C(=O)Nc3ccccc32)cc1. The third kappa shape index (κ3) is 4.31. The molecule has 0 unspecified atom stereocenters. The minimum Gasteiger partial charge on any atom is -0.354 e. The van der Waals surface area contributed by atoms with Crippen LogP contribution in [0.1, 0.15) is 23.6 Å². The van der Waals surface area contributed by atoms with Crippen LogP contribution in [-0.4, -0.2) is 21.8 Å².